The number of nitrogens with one attached hydrogen (secondary N) is 2. The number of nitrogens with zero attached hydrogens (tertiary/aromatic N) is 3. The molecule has 0 aliphatic carbocycles. The highest BCUT2D eigenvalue weighted by Crippen LogP contribution is 2.42. The van der Waals surface area contributed by atoms with Crippen LogP contribution in [-0.4, -0.2) is 40.6 Å². The molecule has 2 atom stereocenters. The van der Waals surface area contributed by atoms with Crippen LogP contribution in [0.1, 0.15) is 68.8 Å². The number of benzene rings is 3. The van der Waals surface area contributed by atoms with E-state index in [1.807, 2.05) is 90.1 Å². The lowest BCUT2D eigenvalue weighted by Gasteiger charge is -2.38. The van der Waals surface area contributed by atoms with Crippen LogP contribution in [0, 0.1) is 12.8 Å². The number of carbonyl (C=O) groups is 1. The Kier molecular flexibility index (Phi) is 8.59. The van der Waals surface area contributed by atoms with Gasteiger partial charge in [0, 0.05) is 29.3 Å². The van der Waals surface area contributed by atoms with E-state index >= 15 is 0 Å². The van der Waals surface area contributed by atoms with Gasteiger partial charge in [0.2, 0.25) is 10.0 Å². The van der Waals surface area contributed by atoms with Crippen molar-refractivity contribution < 1.29 is 13.2 Å². The number of hydrogen-bond acceptors (Lipinski definition) is 4. The topological polar surface area (TPSA) is 96.3 Å². The number of piperidine rings is 1. The number of anilines is 2. The SMILES string of the molecule is Cc1ccc(-n2nc(C(C)(C)C)cc2NC(=O)Nc2cccc(CC3CC4CCC(C3)N4S(=O)(=O)Cc3ccccc3)c2)cc1. The highest BCUT2D eigenvalue weighted by atomic mass is 32.2. The molecule has 0 saturated carbocycles. The van der Waals surface area contributed by atoms with Gasteiger partial charge in [0.05, 0.1) is 17.1 Å². The van der Waals surface area contributed by atoms with E-state index in [9.17, 15) is 13.2 Å². The molecular formula is C36H43N5O3S. The summed E-state index contributed by atoms with van der Waals surface area (Å²) >= 11 is 0. The third-order valence-electron chi connectivity index (χ3n) is 8.98. The van der Waals surface area contributed by atoms with Crippen molar-refractivity contribution in [2.75, 3.05) is 10.6 Å². The number of fused-ring (bicyclic) bond motifs is 2. The summed E-state index contributed by atoms with van der Waals surface area (Å²) < 4.78 is 30.4. The van der Waals surface area contributed by atoms with E-state index in [4.69, 9.17) is 5.10 Å². The van der Waals surface area contributed by atoms with Gasteiger partial charge in [-0.2, -0.15) is 9.40 Å². The van der Waals surface area contributed by atoms with Crippen LogP contribution in [0.4, 0.5) is 16.3 Å². The molecule has 0 radical (unpaired) electrons. The van der Waals surface area contributed by atoms with E-state index in [1.54, 1.807) is 4.68 Å². The molecule has 2 amide bonds. The van der Waals surface area contributed by atoms with Gasteiger partial charge < -0.3 is 5.32 Å². The Balaban J connectivity index is 1.10. The highest BCUT2D eigenvalue weighted by molar-refractivity contribution is 7.88. The van der Waals surface area contributed by atoms with Gasteiger partial charge >= 0.3 is 6.03 Å². The number of urea groups is 1. The Hall–Kier alpha value is -3.95. The molecule has 3 aromatic carbocycles. The van der Waals surface area contributed by atoms with Crippen molar-refractivity contribution in [2.45, 2.75) is 83.1 Å². The number of amides is 2. The molecule has 2 N–H and O–H groups in total. The largest absolute Gasteiger partial charge is 0.324 e. The van der Waals surface area contributed by atoms with Gasteiger partial charge in [-0.3, -0.25) is 5.32 Å². The number of sulfonamides is 1. The average Bonchev–Trinajstić information content (AvgIpc) is 3.53. The van der Waals surface area contributed by atoms with Crippen LogP contribution in [0.2, 0.25) is 0 Å². The van der Waals surface area contributed by atoms with Crippen molar-refractivity contribution in [1.29, 1.82) is 0 Å². The molecule has 45 heavy (non-hydrogen) atoms. The van der Waals surface area contributed by atoms with Crippen LogP contribution < -0.4 is 10.6 Å². The Bertz CT molecular complexity index is 1750. The quantitative estimate of drug-likeness (QED) is 0.213. The van der Waals surface area contributed by atoms with Crippen LogP contribution in [0.3, 0.4) is 0 Å². The van der Waals surface area contributed by atoms with Gasteiger partial charge in [0.25, 0.3) is 0 Å². The Morgan fingerprint density at radius 3 is 2.20 bits per heavy atom. The zero-order valence-electron chi connectivity index (χ0n) is 26.5. The number of aromatic nitrogens is 2. The van der Waals surface area contributed by atoms with Gasteiger partial charge in [-0.25, -0.2) is 17.9 Å². The third-order valence-corrected chi connectivity index (χ3v) is 10.9. The van der Waals surface area contributed by atoms with E-state index < -0.39 is 10.0 Å². The summed E-state index contributed by atoms with van der Waals surface area (Å²) in [5.74, 6) is 1.06. The lowest BCUT2D eigenvalue weighted by molar-refractivity contribution is 0.190. The predicted molar refractivity (Wildman–Crippen MR) is 180 cm³/mol. The van der Waals surface area contributed by atoms with Gasteiger partial charge in [0.1, 0.15) is 5.82 Å². The monoisotopic (exact) mass is 625 g/mol. The molecule has 3 heterocycles. The molecule has 236 valence electrons. The van der Waals surface area contributed by atoms with Crippen LogP contribution in [-0.2, 0) is 27.6 Å². The molecule has 2 bridgehead atoms. The third kappa shape index (κ3) is 7.15. The molecule has 2 fully saturated rings. The van der Waals surface area contributed by atoms with Gasteiger partial charge in [-0.15, -0.1) is 0 Å². The first-order valence-electron chi connectivity index (χ1n) is 15.8. The van der Waals surface area contributed by atoms with Crippen molar-refractivity contribution in [1.82, 2.24) is 14.1 Å². The molecule has 2 unspecified atom stereocenters. The standard InChI is InChI=1S/C36H43N5O3S/c1-25-13-15-30(16-14-25)40-34(23-33(39-40)36(2,3)4)38-35(42)37-29-12-8-11-27(20-29)19-28-21-31-17-18-32(22-28)41(31)45(43,44)24-26-9-6-5-7-10-26/h5-16,20,23,28,31-32H,17-19,21-22,24H2,1-4H3,(H2,37,38,42). The van der Waals surface area contributed by atoms with Gasteiger partial charge in [0.15, 0.2) is 0 Å². The number of carbonyl (C=O) groups excluding carboxylic acids is 1. The molecular weight excluding hydrogens is 582 g/mol. The molecule has 0 spiro atoms. The fraction of sp³-hybridized carbons (Fsp3) is 0.389. The summed E-state index contributed by atoms with van der Waals surface area (Å²) in [4.78, 5) is 13.2. The summed E-state index contributed by atoms with van der Waals surface area (Å²) in [5.41, 5.74) is 5.42. The molecule has 1 aromatic heterocycles. The predicted octanol–water partition coefficient (Wildman–Crippen LogP) is 7.44. The first-order chi connectivity index (χ1) is 21.4. The van der Waals surface area contributed by atoms with Crippen molar-refractivity contribution in [2.24, 2.45) is 5.92 Å². The Morgan fingerprint density at radius 2 is 1.53 bits per heavy atom. The number of rotatable bonds is 8. The lowest BCUT2D eigenvalue weighted by Crippen LogP contribution is -2.47. The Labute approximate surface area is 266 Å². The molecule has 9 heteroatoms. The normalized spacial score (nSPS) is 20.2. The van der Waals surface area contributed by atoms with E-state index in [0.717, 1.165) is 60.2 Å². The van der Waals surface area contributed by atoms with Crippen molar-refractivity contribution in [3.05, 3.63) is 107 Å². The second-order valence-corrected chi connectivity index (χ2v) is 15.6. The molecule has 8 nitrogen and oxygen atoms in total. The first-order valence-corrected chi connectivity index (χ1v) is 17.5. The van der Waals surface area contributed by atoms with E-state index in [0.29, 0.717) is 17.4 Å². The zero-order valence-corrected chi connectivity index (χ0v) is 27.3. The highest BCUT2D eigenvalue weighted by Gasteiger charge is 2.46. The van der Waals surface area contributed by atoms with E-state index in [2.05, 4.69) is 37.5 Å². The zero-order chi connectivity index (χ0) is 31.8. The minimum absolute atomic E-state index is 0.0601. The van der Waals surface area contributed by atoms with Crippen LogP contribution in [0.5, 0.6) is 0 Å². The van der Waals surface area contributed by atoms with Gasteiger partial charge in [-0.05, 0) is 80.3 Å². The van der Waals surface area contributed by atoms with Crippen LogP contribution >= 0.6 is 0 Å². The molecule has 2 aliphatic rings. The summed E-state index contributed by atoms with van der Waals surface area (Å²) in [6, 6.07) is 27.2. The molecule has 2 saturated heterocycles. The Morgan fingerprint density at radius 1 is 0.867 bits per heavy atom. The average molecular weight is 626 g/mol. The summed E-state index contributed by atoms with van der Waals surface area (Å²) in [6.07, 6.45) is 4.43. The second kappa shape index (κ2) is 12.4. The minimum atomic E-state index is -3.37. The number of hydrogen-bond donors (Lipinski definition) is 2. The van der Waals surface area contributed by atoms with Crippen molar-refractivity contribution in [3.8, 4) is 5.69 Å². The van der Waals surface area contributed by atoms with Crippen LogP contribution in [0.25, 0.3) is 5.69 Å². The molecule has 4 aromatic rings. The van der Waals surface area contributed by atoms with Crippen molar-refractivity contribution >= 4 is 27.6 Å². The molecule has 2 aliphatic heterocycles. The maximum absolute atomic E-state index is 13.4. The smallest absolute Gasteiger partial charge is 0.308 e. The summed E-state index contributed by atoms with van der Waals surface area (Å²) in [7, 11) is -3.37. The lowest BCUT2D eigenvalue weighted by atomic mass is 9.87. The summed E-state index contributed by atoms with van der Waals surface area (Å²) in [5, 5.41) is 10.8. The maximum atomic E-state index is 13.4. The fourth-order valence-corrected chi connectivity index (χ4v) is 8.89. The van der Waals surface area contributed by atoms with E-state index in [1.165, 1.54) is 0 Å². The van der Waals surface area contributed by atoms with Crippen molar-refractivity contribution in [3.63, 3.8) is 0 Å². The van der Waals surface area contributed by atoms with Crippen LogP contribution in [0.15, 0.2) is 84.9 Å². The van der Waals surface area contributed by atoms with E-state index in [-0.39, 0.29) is 29.3 Å². The first kappa shape index (κ1) is 31.0. The minimum Gasteiger partial charge on any atom is -0.308 e. The number of aryl methyl sites for hydroxylation is 1. The van der Waals surface area contributed by atoms with Gasteiger partial charge in [-0.1, -0.05) is 80.9 Å². The molecule has 6 rings (SSSR count). The maximum Gasteiger partial charge on any atom is 0.324 e. The fourth-order valence-electron chi connectivity index (χ4n) is 6.83. The second-order valence-electron chi connectivity index (χ2n) is 13.7. The summed E-state index contributed by atoms with van der Waals surface area (Å²) in [6.45, 7) is 8.34.